The van der Waals surface area contributed by atoms with Crippen molar-refractivity contribution < 1.29 is 4.79 Å². The Labute approximate surface area is 99.3 Å². The van der Waals surface area contributed by atoms with Gasteiger partial charge in [0.2, 0.25) is 0 Å². The molecular weight excluding hydrogens is 216 g/mol. The van der Waals surface area contributed by atoms with Crippen LogP contribution in [0.4, 0.5) is 11.4 Å². The van der Waals surface area contributed by atoms with E-state index in [1.165, 1.54) is 6.20 Å². The number of hydrogen-bond donors (Lipinski definition) is 2. The predicted octanol–water partition coefficient (Wildman–Crippen LogP) is 1.56. The first-order valence-corrected chi connectivity index (χ1v) is 5.21. The first kappa shape index (κ1) is 11.2. The van der Waals surface area contributed by atoms with Crippen molar-refractivity contribution in [2.24, 2.45) is 7.05 Å². The van der Waals surface area contributed by atoms with Gasteiger partial charge < -0.3 is 15.6 Å². The van der Waals surface area contributed by atoms with Crippen LogP contribution in [0.1, 0.15) is 16.1 Å². The van der Waals surface area contributed by atoms with E-state index in [1.807, 2.05) is 19.1 Å². The molecule has 1 aromatic carbocycles. The molecule has 0 fully saturated rings. The minimum absolute atomic E-state index is 0.222. The van der Waals surface area contributed by atoms with Gasteiger partial charge in [-0.15, -0.1) is 0 Å². The van der Waals surface area contributed by atoms with Crippen molar-refractivity contribution in [1.29, 1.82) is 0 Å². The third-order valence-electron chi connectivity index (χ3n) is 2.50. The number of nitrogen functional groups attached to an aromatic ring is 1. The summed E-state index contributed by atoms with van der Waals surface area (Å²) in [6.45, 7) is 1.95. The highest BCUT2D eigenvalue weighted by molar-refractivity contribution is 6.04. The molecule has 1 aromatic heterocycles. The summed E-state index contributed by atoms with van der Waals surface area (Å²) in [5.74, 6) is -0.222. The van der Waals surface area contributed by atoms with Gasteiger partial charge in [0, 0.05) is 7.05 Å². The molecule has 0 aliphatic heterocycles. The molecule has 0 saturated heterocycles. The summed E-state index contributed by atoms with van der Waals surface area (Å²) in [6.07, 6.45) is 3.09. The van der Waals surface area contributed by atoms with E-state index < -0.39 is 0 Å². The van der Waals surface area contributed by atoms with Crippen LogP contribution in [0, 0.1) is 6.92 Å². The number of nitrogens with one attached hydrogen (secondary N) is 1. The van der Waals surface area contributed by atoms with E-state index in [2.05, 4.69) is 10.3 Å². The number of hydrogen-bond acceptors (Lipinski definition) is 3. The lowest BCUT2D eigenvalue weighted by Gasteiger charge is -2.08. The molecule has 5 heteroatoms. The highest BCUT2D eigenvalue weighted by Crippen LogP contribution is 2.20. The summed E-state index contributed by atoms with van der Waals surface area (Å²) in [5, 5.41) is 2.76. The Bertz CT molecular complexity index is 559. The van der Waals surface area contributed by atoms with Gasteiger partial charge in [0.05, 0.1) is 23.9 Å². The van der Waals surface area contributed by atoms with Gasteiger partial charge in [0.25, 0.3) is 5.91 Å². The second-order valence-electron chi connectivity index (χ2n) is 3.93. The van der Waals surface area contributed by atoms with Crippen LogP contribution in [0.3, 0.4) is 0 Å². The normalized spacial score (nSPS) is 10.2. The Morgan fingerprint density at radius 1 is 1.47 bits per heavy atom. The van der Waals surface area contributed by atoms with Gasteiger partial charge in [0.1, 0.15) is 5.69 Å². The van der Waals surface area contributed by atoms with E-state index in [1.54, 1.807) is 24.0 Å². The van der Waals surface area contributed by atoms with E-state index in [9.17, 15) is 4.79 Å². The first-order chi connectivity index (χ1) is 8.08. The maximum atomic E-state index is 11.9. The van der Waals surface area contributed by atoms with Crippen molar-refractivity contribution in [1.82, 2.24) is 9.55 Å². The van der Waals surface area contributed by atoms with E-state index in [0.717, 1.165) is 5.56 Å². The van der Waals surface area contributed by atoms with Crippen molar-refractivity contribution in [2.75, 3.05) is 11.1 Å². The van der Waals surface area contributed by atoms with Crippen LogP contribution < -0.4 is 11.1 Å². The zero-order chi connectivity index (χ0) is 12.4. The summed E-state index contributed by atoms with van der Waals surface area (Å²) in [5.41, 5.74) is 8.54. The first-order valence-electron chi connectivity index (χ1n) is 5.21. The Kier molecular flexibility index (Phi) is 2.82. The maximum absolute atomic E-state index is 11.9. The van der Waals surface area contributed by atoms with Crippen molar-refractivity contribution in [3.8, 4) is 0 Å². The highest BCUT2D eigenvalue weighted by Gasteiger charge is 2.11. The minimum atomic E-state index is -0.222. The molecule has 0 atom stereocenters. The molecule has 2 rings (SSSR count). The summed E-state index contributed by atoms with van der Waals surface area (Å²) in [7, 11) is 1.76. The van der Waals surface area contributed by atoms with Gasteiger partial charge in [0.15, 0.2) is 0 Å². The van der Waals surface area contributed by atoms with Gasteiger partial charge in [-0.1, -0.05) is 6.07 Å². The van der Waals surface area contributed by atoms with Crippen LogP contribution >= 0.6 is 0 Å². The average Bonchev–Trinajstić information content (AvgIpc) is 2.68. The molecule has 1 amide bonds. The van der Waals surface area contributed by atoms with Crippen LogP contribution in [0.2, 0.25) is 0 Å². The maximum Gasteiger partial charge on any atom is 0.273 e. The monoisotopic (exact) mass is 230 g/mol. The van der Waals surface area contributed by atoms with Crippen LogP contribution in [0.25, 0.3) is 0 Å². The number of nitrogens with zero attached hydrogens (tertiary/aromatic N) is 2. The van der Waals surface area contributed by atoms with Crippen LogP contribution in [0.15, 0.2) is 30.7 Å². The second kappa shape index (κ2) is 4.29. The molecule has 0 aliphatic carbocycles. The summed E-state index contributed by atoms with van der Waals surface area (Å²) < 4.78 is 1.65. The van der Waals surface area contributed by atoms with Crippen LogP contribution in [0.5, 0.6) is 0 Å². The fraction of sp³-hybridized carbons (Fsp3) is 0.167. The second-order valence-corrected chi connectivity index (χ2v) is 3.93. The predicted molar refractivity (Wildman–Crippen MR) is 66.8 cm³/mol. The molecule has 0 saturated carbocycles. The number of amides is 1. The number of imidazole rings is 1. The highest BCUT2D eigenvalue weighted by atomic mass is 16.2. The van der Waals surface area contributed by atoms with Gasteiger partial charge in [-0.25, -0.2) is 4.98 Å². The van der Waals surface area contributed by atoms with Crippen molar-refractivity contribution in [2.45, 2.75) is 6.92 Å². The molecule has 1 heterocycles. The number of carbonyl (C=O) groups excluding carboxylic acids is 1. The topological polar surface area (TPSA) is 72.9 Å². The molecule has 88 valence electrons. The Morgan fingerprint density at radius 2 is 2.24 bits per heavy atom. The number of rotatable bonds is 2. The zero-order valence-electron chi connectivity index (χ0n) is 9.77. The molecule has 0 unspecified atom stereocenters. The Hall–Kier alpha value is -2.30. The SMILES string of the molecule is Cc1ccc(NC(=O)c2cncn2C)c(N)c1. The Balaban J connectivity index is 2.22. The smallest absolute Gasteiger partial charge is 0.273 e. The lowest BCUT2D eigenvalue weighted by atomic mass is 10.2. The third-order valence-corrected chi connectivity index (χ3v) is 2.50. The quantitative estimate of drug-likeness (QED) is 0.769. The van der Waals surface area contributed by atoms with Crippen molar-refractivity contribution >= 4 is 17.3 Å². The van der Waals surface area contributed by atoms with Crippen molar-refractivity contribution in [3.63, 3.8) is 0 Å². The molecular formula is C12H14N4O. The van der Waals surface area contributed by atoms with Gasteiger partial charge in [-0.2, -0.15) is 0 Å². The molecule has 17 heavy (non-hydrogen) atoms. The third kappa shape index (κ3) is 2.28. The molecule has 0 spiro atoms. The van der Waals surface area contributed by atoms with Crippen LogP contribution in [-0.4, -0.2) is 15.5 Å². The summed E-state index contributed by atoms with van der Waals surface area (Å²) >= 11 is 0. The van der Waals surface area contributed by atoms with Gasteiger partial charge in [-0.05, 0) is 24.6 Å². The summed E-state index contributed by atoms with van der Waals surface area (Å²) in [6, 6.07) is 5.51. The molecule has 0 radical (unpaired) electrons. The Morgan fingerprint density at radius 3 is 2.82 bits per heavy atom. The van der Waals surface area contributed by atoms with Gasteiger partial charge >= 0.3 is 0 Å². The van der Waals surface area contributed by atoms with E-state index in [0.29, 0.717) is 17.1 Å². The number of aryl methyl sites for hydroxylation is 2. The average molecular weight is 230 g/mol. The minimum Gasteiger partial charge on any atom is -0.397 e. The van der Waals surface area contributed by atoms with E-state index in [-0.39, 0.29) is 5.91 Å². The number of benzene rings is 1. The number of anilines is 2. The fourth-order valence-corrected chi connectivity index (χ4v) is 1.56. The van der Waals surface area contributed by atoms with E-state index in [4.69, 9.17) is 5.73 Å². The molecule has 3 N–H and O–H groups in total. The van der Waals surface area contributed by atoms with E-state index >= 15 is 0 Å². The largest absolute Gasteiger partial charge is 0.397 e. The fourth-order valence-electron chi connectivity index (χ4n) is 1.56. The van der Waals surface area contributed by atoms with Crippen LogP contribution in [-0.2, 0) is 7.05 Å². The van der Waals surface area contributed by atoms with Crippen molar-refractivity contribution in [3.05, 3.63) is 42.0 Å². The molecule has 0 bridgehead atoms. The number of carbonyl (C=O) groups is 1. The summed E-state index contributed by atoms with van der Waals surface area (Å²) in [4.78, 5) is 15.8. The number of nitrogens with two attached hydrogens (primary N) is 1. The standard InChI is InChI=1S/C12H14N4O/c1-8-3-4-10(9(13)5-8)15-12(17)11-6-14-7-16(11)2/h3-7H,13H2,1-2H3,(H,15,17). The zero-order valence-corrected chi connectivity index (χ0v) is 9.77. The van der Waals surface area contributed by atoms with Gasteiger partial charge in [-0.3, -0.25) is 4.79 Å². The molecule has 0 aliphatic rings. The lowest BCUT2D eigenvalue weighted by molar-refractivity contribution is 0.101. The molecule has 5 nitrogen and oxygen atoms in total. The lowest BCUT2D eigenvalue weighted by Crippen LogP contribution is -2.16. The number of aromatic nitrogens is 2. The molecule has 2 aromatic rings.